The van der Waals surface area contributed by atoms with Gasteiger partial charge in [-0.1, -0.05) is 23.7 Å². The van der Waals surface area contributed by atoms with Crippen LogP contribution < -0.4 is 20.1 Å². The summed E-state index contributed by atoms with van der Waals surface area (Å²) < 4.78 is 37.3. The molecule has 0 aliphatic heterocycles. The number of hydrogen-bond donors (Lipinski definition) is 3. The predicted molar refractivity (Wildman–Crippen MR) is 162 cm³/mol. The fourth-order valence-electron chi connectivity index (χ4n) is 4.15. The average Bonchev–Trinajstić information content (AvgIpc) is 3.77. The minimum Gasteiger partial charge on any atom is -0.493 e. The lowest BCUT2D eigenvalue weighted by Crippen LogP contribution is -2.30. The van der Waals surface area contributed by atoms with E-state index in [4.69, 9.17) is 16.3 Å². The number of pyridine rings is 2. The van der Waals surface area contributed by atoms with Crippen LogP contribution in [0.25, 0.3) is 0 Å². The third-order valence-corrected chi connectivity index (χ3v) is 8.70. The van der Waals surface area contributed by atoms with Gasteiger partial charge in [-0.2, -0.15) is 4.72 Å². The summed E-state index contributed by atoms with van der Waals surface area (Å²) in [5.41, 5.74) is 2.16. The van der Waals surface area contributed by atoms with Crippen molar-refractivity contribution in [1.82, 2.24) is 20.0 Å². The Kier molecular flexibility index (Phi) is 8.54. The molecule has 5 rings (SSSR count). The molecule has 1 aliphatic rings. The van der Waals surface area contributed by atoms with Gasteiger partial charge in [-0.15, -0.1) is 0 Å². The van der Waals surface area contributed by atoms with Crippen LogP contribution in [0.4, 0.5) is 11.4 Å². The van der Waals surface area contributed by atoms with Gasteiger partial charge in [0, 0.05) is 34.4 Å². The number of halogens is 2. The number of carbonyl (C=O) groups is 1. The normalized spacial score (nSPS) is 13.2. The van der Waals surface area contributed by atoms with Crippen molar-refractivity contribution in [2.45, 2.75) is 29.8 Å². The molecule has 1 saturated carbocycles. The number of hydrogen-bond acceptors (Lipinski definition) is 7. The Labute approximate surface area is 250 Å². The van der Waals surface area contributed by atoms with E-state index in [1.807, 2.05) is 6.07 Å². The number of anilines is 2. The molecule has 0 unspecified atom stereocenters. The molecule has 12 heteroatoms. The van der Waals surface area contributed by atoms with Crippen LogP contribution in [0, 0.1) is 3.57 Å². The van der Waals surface area contributed by atoms with Gasteiger partial charge in [0.2, 0.25) is 10.0 Å². The second-order valence-corrected chi connectivity index (χ2v) is 12.5. The van der Waals surface area contributed by atoms with E-state index in [1.165, 1.54) is 19.2 Å². The molecular weight excluding hydrogens is 665 g/mol. The van der Waals surface area contributed by atoms with Crippen molar-refractivity contribution in [3.8, 4) is 5.75 Å². The summed E-state index contributed by atoms with van der Waals surface area (Å²) in [6.45, 7) is 0. The molecule has 4 aromatic rings. The highest BCUT2D eigenvalue weighted by Gasteiger charge is 2.31. The van der Waals surface area contributed by atoms with Crippen LogP contribution in [0.5, 0.6) is 5.75 Å². The first-order valence-electron chi connectivity index (χ1n) is 12.3. The van der Waals surface area contributed by atoms with Crippen molar-refractivity contribution >= 4 is 61.5 Å². The lowest BCUT2D eigenvalue weighted by molar-refractivity contribution is 0.0951. The first kappa shape index (κ1) is 28.3. The maximum atomic E-state index is 14.0. The van der Waals surface area contributed by atoms with Gasteiger partial charge >= 0.3 is 0 Å². The number of ether oxygens (including phenoxy) is 1. The zero-order valence-electron chi connectivity index (χ0n) is 21.3. The summed E-state index contributed by atoms with van der Waals surface area (Å²) >= 11 is 8.63. The maximum absolute atomic E-state index is 14.0. The van der Waals surface area contributed by atoms with Crippen LogP contribution in [0.15, 0.2) is 84.3 Å². The number of methoxy groups -OCH3 is 1. The van der Waals surface area contributed by atoms with E-state index in [2.05, 4.69) is 47.9 Å². The molecule has 0 radical (unpaired) electrons. The highest BCUT2D eigenvalue weighted by atomic mass is 127. The minimum atomic E-state index is -4.22. The molecule has 2 heterocycles. The molecular formula is C28H25ClIN5O4S. The number of amides is 1. The molecule has 40 heavy (non-hydrogen) atoms. The molecule has 0 spiro atoms. The Morgan fingerprint density at radius 1 is 1.05 bits per heavy atom. The molecule has 206 valence electrons. The predicted octanol–water partition coefficient (Wildman–Crippen LogP) is 5.45. The van der Waals surface area contributed by atoms with Crippen LogP contribution in [-0.4, -0.2) is 37.4 Å². The Balaban J connectivity index is 1.60. The Morgan fingerprint density at radius 2 is 1.73 bits per heavy atom. The van der Waals surface area contributed by atoms with E-state index in [1.54, 1.807) is 61.2 Å². The van der Waals surface area contributed by atoms with Gasteiger partial charge in [0.25, 0.3) is 5.91 Å². The molecule has 0 atom stereocenters. The third-order valence-electron chi connectivity index (χ3n) is 6.27. The van der Waals surface area contributed by atoms with E-state index in [0.717, 1.165) is 16.4 Å². The molecule has 1 aliphatic carbocycles. The van der Waals surface area contributed by atoms with Gasteiger partial charge in [-0.05, 0) is 89.0 Å². The van der Waals surface area contributed by atoms with Crippen molar-refractivity contribution in [3.63, 3.8) is 0 Å². The highest BCUT2D eigenvalue weighted by Crippen LogP contribution is 2.40. The zero-order valence-corrected chi connectivity index (χ0v) is 25.0. The van der Waals surface area contributed by atoms with Gasteiger partial charge in [0.1, 0.15) is 4.90 Å². The first-order chi connectivity index (χ1) is 19.3. The Bertz CT molecular complexity index is 1600. The topological polar surface area (TPSA) is 122 Å². The monoisotopic (exact) mass is 689 g/mol. The molecule has 2 aromatic heterocycles. The second kappa shape index (κ2) is 12.1. The van der Waals surface area contributed by atoms with Crippen molar-refractivity contribution in [3.05, 3.63) is 105 Å². The van der Waals surface area contributed by atoms with E-state index in [0.29, 0.717) is 21.8 Å². The molecule has 1 fully saturated rings. The van der Waals surface area contributed by atoms with Gasteiger partial charge in [-0.25, -0.2) is 8.42 Å². The van der Waals surface area contributed by atoms with Crippen molar-refractivity contribution in [2.24, 2.45) is 0 Å². The van der Waals surface area contributed by atoms with Crippen molar-refractivity contribution < 1.29 is 17.9 Å². The Hall–Kier alpha value is -3.26. The van der Waals surface area contributed by atoms with E-state index < -0.39 is 16.1 Å². The SMILES string of the molecule is COc1c(S(=O)(=O)NC(c2cccnc2)c2cccnc2)ccc(C(=O)NC2CC2)c1Nc1ccc(I)cc1Cl. The van der Waals surface area contributed by atoms with Crippen LogP contribution in [0.1, 0.15) is 40.4 Å². The summed E-state index contributed by atoms with van der Waals surface area (Å²) in [6, 6.07) is 14.5. The molecule has 1 amide bonds. The standard InChI is InChI=1S/C28H25ClIN5O4S/c1-39-27-24(40(37,38)35-25(17-4-2-12-31-15-17)18-5-3-13-32-16-18)11-9-21(28(36)33-20-7-8-20)26(27)34-23-10-6-19(30)14-22(23)29/h2-6,9-16,20,25,34-35H,7-8H2,1H3,(H,33,36). The van der Waals surface area contributed by atoms with Gasteiger partial charge < -0.3 is 15.4 Å². The smallest absolute Gasteiger partial charge is 0.253 e. The average molecular weight is 690 g/mol. The molecule has 9 nitrogen and oxygen atoms in total. The van der Waals surface area contributed by atoms with Gasteiger partial charge in [-0.3, -0.25) is 14.8 Å². The summed E-state index contributed by atoms with van der Waals surface area (Å²) in [6.07, 6.45) is 8.20. The number of carbonyl (C=O) groups excluding carboxylic acids is 1. The highest BCUT2D eigenvalue weighted by molar-refractivity contribution is 14.1. The number of rotatable bonds is 10. The lowest BCUT2D eigenvalue weighted by Gasteiger charge is -2.22. The quantitative estimate of drug-likeness (QED) is 0.190. The minimum absolute atomic E-state index is 0.0262. The number of nitrogens with zero attached hydrogens (tertiary/aromatic N) is 2. The number of nitrogens with one attached hydrogen (secondary N) is 3. The van der Waals surface area contributed by atoms with E-state index >= 15 is 0 Å². The Morgan fingerprint density at radius 3 is 2.27 bits per heavy atom. The number of aromatic nitrogens is 2. The van der Waals surface area contributed by atoms with Crippen molar-refractivity contribution in [2.75, 3.05) is 12.4 Å². The summed E-state index contributed by atoms with van der Waals surface area (Å²) in [5, 5.41) is 6.52. The van der Waals surface area contributed by atoms with Crippen molar-refractivity contribution in [1.29, 1.82) is 0 Å². The fraction of sp³-hybridized carbons (Fsp3) is 0.179. The zero-order chi connectivity index (χ0) is 28.3. The van der Waals surface area contributed by atoms with Crippen LogP contribution in [0.3, 0.4) is 0 Å². The van der Waals surface area contributed by atoms with Gasteiger partial charge in [0.15, 0.2) is 5.75 Å². The second-order valence-electron chi connectivity index (χ2n) is 9.14. The first-order valence-corrected chi connectivity index (χ1v) is 15.3. The van der Waals surface area contributed by atoms with Crippen LogP contribution in [0.2, 0.25) is 5.02 Å². The fourth-order valence-corrected chi connectivity index (χ4v) is 6.44. The van der Waals surface area contributed by atoms with E-state index in [9.17, 15) is 13.2 Å². The van der Waals surface area contributed by atoms with Crippen LogP contribution in [-0.2, 0) is 10.0 Å². The molecule has 0 bridgehead atoms. The van der Waals surface area contributed by atoms with E-state index in [-0.39, 0.29) is 33.8 Å². The number of benzene rings is 2. The summed E-state index contributed by atoms with van der Waals surface area (Å²) in [7, 11) is -2.86. The van der Waals surface area contributed by atoms with Crippen LogP contribution >= 0.6 is 34.2 Å². The third kappa shape index (κ3) is 6.38. The number of sulfonamides is 1. The summed E-state index contributed by atoms with van der Waals surface area (Å²) in [4.78, 5) is 21.4. The molecule has 2 aromatic carbocycles. The molecule has 3 N–H and O–H groups in total. The molecule has 0 saturated heterocycles. The largest absolute Gasteiger partial charge is 0.493 e. The summed E-state index contributed by atoms with van der Waals surface area (Å²) in [5.74, 6) is -0.368. The maximum Gasteiger partial charge on any atom is 0.253 e. The van der Waals surface area contributed by atoms with Gasteiger partial charge in [0.05, 0.1) is 35.1 Å². The lowest BCUT2D eigenvalue weighted by atomic mass is 10.0.